The first-order chi connectivity index (χ1) is 13.7. The molecule has 0 saturated heterocycles. The molecule has 0 aromatic rings. The average Bonchev–Trinajstić information content (AvgIpc) is 2.41. The highest BCUT2D eigenvalue weighted by molar-refractivity contribution is 6.36. The Morgan fingerprint density at radius 3 is 0.906 bits per heavy atom. The van der Waals surface area contributed by atoms with Gasteiger partial charge in [0.15, 0.2) is 0 Å². The van der Waals surface area contributed by atoms with Crippen molar-refractivity contribution >= 4 is 7.32 Å². The number of hydrogen-bond acceptors (Lipinski definition) is 3. The fourth-order valence-corrected chi connectivity index (χ4v) is 1.58. The van der Waals surface area contributed by atoms with Crippen molar-refractivity contribution in [2.75, 3.05) is 0 Å². The van der Waals surface area contributed by atoms with E-state index in [-0.39, 0.29) is 0 Å². The van der Waals surface area contributed by atoms with Crippen molar-refractivity contribution in [3.05, 3.63) is 0 Å². The summed E-state index contributed by atoms with van der Waals surface area (Å²) in [6.45, 7) is 0. The van der Waals surface area contributed by atoms with Crippen LogP contribution >= 0.6 is 0 Å². The maximum absolute atomic E-state index is 12.6. The van der Waals surface area contributed by atoms with Crippen molar-refractivity contribution in [1.82, 2.24) is 0 Å². The summed E-state index contributed by atoms with van der Waals surface area (Å²) in [6.07, 6.45) is -58.0. The number of halogens is 18. The molecule has 0 rings (SSSR count). The van der Waals surface area contributed by atoms with E-state index in [0.717, 1.165) is 0 Å². The molecule has 0 aromatic heterocycles. The smallest absolute Gasteiger partial charge is 0.373 e. The van der Waals surface area contributed by atoms with Crippen molar-refractivity contribution in [2.24, 2.45) is 0 Å². The third kappa shape index (κ3) is 10.5. The van der Waals surface area contributed by atoms with Gasteiger partial charge in [0.05, 0.1) is 6.42 Å². The summed E-state index contributed by atoms with van der Waals surface area (Å²) in [5, 5.41) is 0. The topological polar surface area (TPSA) is 27.7 Å². The molecule has 3 nitrogen and oxygen atoms in total. The lowest BCUT2D eigenvalue weighted by Crippen LogP contribution is -2.55. The lowest BCUT2D eigenvalue weighted by molar-refractivity contribution is -0.327. The van der Waals surface area contributed by atoms with E-state index in [9.17, 15) is 79.0 Å². The first kappa shape index (κ1) is 30.7. The second kappa shape index (κ2) is 9.51. The summed E-state index contributed by atoms with van der Waals surface area (Å²) >= 11 is 0. The van der Waals surface area contributed by atoms with E-state index in [0.29, 0.717) is 0 Å². The third-order valence-electron chi connectivity index (χ3n) is 2.74. The molecule has 0 aromatic carbocycles. The molecule has 1 unspecified atom stereocenters. The molecule has 32 heavy (non-hydrogen) atoms. The van der Waals surface area contributed by atoms with E-state index < -0.39 is 69.1 Å². The first-order valence-electron chi connectivity index (χ1n) is 7.02. The molecule has 0 saturated carbocycles. The maximum Gasteiger partial charge on any atom is 0.641 e. The molecule has 1 atom stereocenters. The normalized spacial score (nSPS) is 16.1. The Labute approximate surface area is 163 Å². The van der Waals surface area contributed by atoms with Gasteiger partial charge >= 0.3 is 44.4 Å². The molecule has 22 heteroatoms. The van der Waals surface area contributed by atoms with Crippen molar-refractivity contribution in [1.29, 1.82) is 0 Å². The second-order valence-electron chi connectivity index (χ2n) is 5.47. The van der Waals surface area contributed by atoms with Crippen LogP contribution in [0.15, 0.2) is 0 Å². The Morgan fingerprint density at radius 1 is 0.438 bits per heavy atom. The van der Waals surface area contributed by atoms with Crippen molar-refractivity contribution in [3.8, 4) is 0 Å². The van der Waals surface area contributed by atoms with Gasteiger partial charge in [-0.15, -0.1) is 0 Å². The highest BCUT2D eigenvalue weighted by Crippen LogP contribution is 2.41. The largest absolute Gasteiger partial charge is 0.641 e. The van der Waals surface area contributed by atoms with Gasteiger partial charge in [-0.05, 0) is 0 Å². The van der Waals surface area contributed by atoms with Crippen LogP contribution in [0.2, 0.25) is 0 Å². The van der Waals surface area contributed by atoms with Gasteiger partial charge in [-0.3, -0.25) is 0 Å². The monoisotopic (exact) mass is 526 g/mol. The van der Waals surface area contributed by atoms with Gasteiger partial charge in [-0.2, -0.15) is 79.0 Å². The van der Waals surface area contributed by atoms with Crippen LogP contribution in [-0.4, -0.2) is 62.7 Å². The molecular formula is C10H5BF18O3. The lowest BCUT2D eigenvalue weighted by atomic mass is 10.1. The summed E-state index contributed by atoms with van der Waals surface area (Å²) in [6, 6.07) is 0. The number of hydrogen-bond donors (Lipinski definition) is 0. The van der Waals surface area contributed by atoms with Crippen molar-refractivity contribution in [2.45, 2.75) is 61.8 Å². The van der Waals surface area contributed by atoms with E-state index in [1.807, 2.05) is 0 Å². The van der Waals surface area contributed by atoms with Crippen LogP contribution < -0.4 is 0 Å². The predicted octanol–water partition coefficient (Wildman–Crippen LogP) is 5.89. The van der Waals surface area contributed by atoms with E-state index in [1.54, 1.807) is 0 Å². The van der Waals surface area contributed by atoms with E-state index in [2.05, 4.69) is 14.0 Å². The molecule has 0 spiro atoms. The van der Waals surface area contributed by atoms with Crippen LogP contribution in [0.1, 0.15) is 6.42 Å². The van der Waals surface area contributed by atoms with Gasteiger partial charge in [0.2, 0.25) is 12.2 Å². The molecule has 0 radical (unpaired) electrons. The Balaban J connectivity index is 6.32. The Morgan fingerprint density at radius 2 is 0.719 bits per heavy atom. The Bertz CT molecular complexity index is 521. The molecule has 0 aliphatic rings. The quantitative estimate of drug-likeness (QED) is 0.306. The highest BCUT2D eigenvalue weighted by Gasteiger charge is 2.64. The van der Waals surface area contributed by atoms with E-state index in [1.165, 1.54) is 0 Å². The lowest BCUT2D eigenvalue weighted by Gasteiger charge is -2.31. The molecule has 0 fully saturated rings. The summed E-state index contributed by atoms with van der Waals surface area (Å²) in [5.41, 5.74) is 0. The van der Waals surface area contributed by atoms with Crippen LogP contribution in [-0.2, 0) is 14.0 Å². The van der Waals surface area contributed by atoms with Crippen molar-refractivity contribution < 1.29 is 93.0 Å². The average molecular weight is 526 g/mol. The number of alkyl halides is 18. The minimum absolute atomic E-state index is 2.68. The van der Waals surface area contributed by atoms with Crippen LogP contribution in [0.4, 0.5) is 79.0 Å². The molecule has 0 aliphatic carbocycles. The minimum Gasteiger partial charge on any atom is -0.373 e. The molecule has 0 amide bonds. The zero-order valence-electron chi connectivity index (χ0n) is 14.0. The summed E-state index contributed by atoms with van der Waals surface area (Å²) < 4.78 is 232. The Kier molecular flexibility index (Phi) is 9.12. The zero-order valence-corrected chi connectivity index (χ0v) is 14.0. The van der Waals surface area contributed by atoms with Gasteiger partial charge < -0.3 is 14.0 Å². The van der Waals surface area contributed by atoms with Gasteiger partial charge in [0, 0.05) is 0 Å². The highest BCUT2D eigenvalue weighted by atomic mass is 19.4. The zero-order chi connectivity index (χ0) is 26.1. The van der Waals surface area contributed by atoms with Gasteiger partial charge in [0.1, 0.15) is 6.10 Å². The minimum atomic E-state index is -6.74. The second-order valence-corrected chi connectivity index (χ2v) is 5.47. The van der Waals surface area contributed by atoms with Crippen molar-refractivity contribution in [3.63, 3.8) is 0 Å². The summed E-state index contributed by atoms with van der Waals surface area (Å²) in [5.74, 6) is 0. The third-order valence-corrected chi connectivity index (χ3v) is 2.74. The van der Waals surface area contributed by atoms with Crippen LogP contribution in [0.5, 0.6) is 0 Å². The molecular weight excluding hydrogens is 521 g/mol. The SMILES string of the molecule is FC(F)(F)CC(OB(OC(C(F)(F)F)C(F)(F)F)OC(C(F)(F)F)C(F)(F)F)C(F)(F)F. The Hall–Kier alpha value is -1.32. The molecule has 0 bridgehead atoms. The fourth-order valence-electron chi connectivity index (χ4n) is 1.58. The van der Waals surface area contributed by atoms with E-state index >= 15 is 0 Å². The van der Waals surface area contributed by atoms with Gasteiger partial charge in [0.25, 0.3) is 0 Å². The maximum atomic E-state index is 12.6. The van der Waals surface area contributed by atoms with Gasteiger partial charge in [-0.1, -0.05) is 0 Å². The van der Waals surface area contributed by atoms with Crippen LogP contribution in [0, 0.1) is 0 Å². The standard InChI is InChI=1S/C10H5BF18O3/c12-5(13,14)1-2(6(15,16)17)30-11(31-3(7(18,19)20)8(21,22)23)32-4(9(24,25)26)10(27,28)29/h2-4H,1H2. The van der Waals surface area contributed by atoms with E-state index in [4.69, 9.17) is 0 Å². The van der Waals surface area contributed by atoms with Gasteiger partial charge in [-0.25, -0.2) is 0 Å². The predicted molar refractivity (Wildman–Crippen MR) is 61.3 cm³/mol. The molecule has 192 valence electrons. The fraction of sp³-hybridized carbons (Fsp3) is 1.00. The molecule has 0 aliphatic heterocycles. The number of rotatable bonds is 7. The van der Waals surface area contributed by atoms with Crippen LogP contribution in [0.3, 0.4) is 0 Å². The summed E-state index contributed by atoms with van der Waals surface area (Å²) in [7, 11) is -4.83. The molecule has 0 heterocycles. The molecule has 0 N–H and O–H groups in total. The first-order valence-corrected chi connectivity index (χ1v) is 7.02. The summed E-state index contributed by atoms with van der Waals surface area (Å²) in [4.78, 5) is 0. The van der Waals surface area contributed by atoms with Crippen LogP contribution in [0.25, 0.3) is 0 Å².